The normalized spacial score (nSPS) is 11.5. The van der Waals surface area contributed by atoms with Gasteiger partial charge in [-0.1, -0.05) is 91.0 Å². The quantitative estimate of drug-likeness (QED) is 0.218. The molecule has 0 N–H and O–H groups in total. The molecule has 3 nitrogen and oxygen atoms in total. The summed E-state index contributed by atoms with van der Waals surface area (Å²) in [6.45, 7) is 4.34. The molecule has 0 unspecified atom stereocenters. The predicted molar refractivity (Wildman–Crippen MR) is 180 cm³/mol. The van der Waals surface area contributed by atoms with E-state index in [-0.39, 0.29) is 0 Å². The minimum atomic E-state index is 0.732. The van der Waals surface area contributed by atoms with Crippen LogP contribution in [0.2, 0.25) is 0 Å². The SMILES string of the molecule is Cc1cccc(C)c1-c1nc(-c2ccc3c(c2)c2ccccc2n3-c2ccccc2)nc2ccc(-c3ccccc3)cc12. The number of aryl methyl sites for hydroxylation is 2. The van der Waals surface area contributed by atoms with Crippen molar-refractivity contribution in [3.8, 4) is 39.5 Å². The van der Waals surface area contributed by atoms with E-state index < -0.39 is 0 Å². The summed E-state index contributed by atoms with van der Waals surface area (Å²) in [4.78, 5) is 10.5. The third-order valence-corrected chi connectivity index (χ3v) is 8.47. The maximum absolute atomic E-state index is 5.33. The van der Waals surface area contributed by atoms with Gasteiger partial charge in [0, 0.05) is 33.0 Å². The Balaban J connectivity index is 1.38. The maximum Gasteiger partial charge on any atom is 0.160 e. The lowest BCUT2D eigenvalue weighted by Gasteiger charge is -2.15. The molecule has 3 heteroatoms. The van der Waals surface area contributed by atoms with Crippen LogP contribution in [0.1, 0.15) is 11.1 Å². The molecular formula is C40H29N3. The molecule has 0 aliphatic carbocycles. The molecule has 6 aromatic carbocycles. The van der Waals surface area contributed by atoms with Crippen LogP contribution in [0.15, 0.2) is 140 Å². The van der Waals surface area contributed by atoms with Crippen molar-refractivity contribution >= 4 is 32.7 Å². The lowest BCUT2D eigenvalue weighted by Crippen LogP contribution is -1.98. The summed E-state index contributed by atoms with van der Waals surface area (Å²) in [5.74, 6) is 0.732. The molecule has 8 aromatic rings. The summed E-state index contributed by atoms with van der Waals surface area (Å²) in [5, 5.41) is 3.46. The summed E-state index contributed by atoms with van der Waals surface area (Å²) < 4.78 is 2.34. The smallest absolute Gasteiger partial charge is 0.160 e. The van der Waals surface area contributed by atoms with Crippen LogP contribution in [0.4, 0.5) is 0 Å². The highest BCUT2D eigenvalue weighted by Gasteiger charge is 2.18. The van der Waals surface area contributed by atoms with E-state index >= 15 is 0 Å². The Hall–Kier alpha value is -5.54. The minimum Gasteiger partial charge on any atom is -0.309 e. The Kier molecular flexibility index (Phi) is 5.90. The van der Waals surface area contributed by atoms with Gasteiger partial charge >= 0.3 is 0 Å². The van der Waals surface area contributed by atoms with Crippen molar-refractivity contribution in [1.82, 2.24) is 14.5 Å². The molecule has 0 saturated heterocycles. The topological polar surface area (TPSA) is 30.7 Å². The molecule has 0 amide bonds. The number of rotatable bonds is 4. The monoisotopic (exact) mass is 551 g/mol. The van der Waals surface area contributed by atoms with Crippen molar-refractivity contribution in [2.45, 2.75) is 13.8 Å². The van der Waals surface area contributed by atoms with E-state index in [1.165, 1.54) is 44.1 Å². The average molecular weight is 552 g/mol. The van der Waals surface area contributed by atoms with Crippen molar-refractivity contribution in [3.05, 3.63) is 151 Å². The summed E-state index contributed by atoms with van der Waals surface area (Å²) in [5.41, 5.74) is 12.3. The molecule has 204 valence electrons. The summed E-state index contributed by atoms with van der Waals surface area (Å²) in [6, 6.07) is 49.3. The van der Waals surface area contributed by atoms with Crippen LogP contribution in [-0.4, -0.2) is 14.5 Å². The van der Waals surface area contributed by atoms with Crippen LogP contribution in [0.25, 0.3) is 72.2 Å². The molecule has 8 rings (SSSR count). The predicted octanol–water partition coefficient (Wildman–Crippen LogP) is 10.3. The third-order valence-electron chi connectivity index (χ3n) is 8.47. The zero-order chi connectivity index (χ0) is 28.9. The number of hydrogen-bond donors (Lipinski definition) is 0. The first-order chi connectivity index (χ1) is 21.2. The van der Waals surface area contributed by atoms with Crippen LogP contribution < -0.4 is 0 Å². The van der Waals surface area contributed by atoms with Gasteiger partial charge in [-0.15, -0.1) is 0 Å². The lowest BCUT2D eigenvalue weighted by molar-refractivity contribution is 1.18. The zero-order valence-electron chi connectivity index (χ0n) is 24.1. The molecular weight excluding hydrogens is 522 g/mol. The molecule has 43 heavy (non-hydrogen) atoms. The number of fused-ring (bicyclic) bond motifs is 4. The Labute approximate surface area is 250 Å². The largest absolute Gasteiger partial charge is 0.309 e. The zero-order valence-corrected chi connectivity index (χ0v) is 24.1. The van der Waals surface area contributed by atoms with Crippen LogP contribution in [0, 0.1) is 13.8 Å². The van der Waals surface area contributed by atoms with Crippen molar-refractivity contribution < 1.29 is 0 Å². The third kappa shape index (κ3) is 4.21. The fraction of sp³-hybridized carbons (Fsp3) is 0.0500. The number of nitrogens with zero attached hydrogens (tertiary/aromatic N) is 3. The molecule has 0 spiro atoms. The van der Waals surface area contributed by atoms with Crippen LogP contribution >= 0.6 is 0 Å². The van der Waals surface area contributed by atoms with Crippen molar-refractivity contribution in [1.29, 1.82) is 0 Å². The molecule has 0 fully saturated rings. The Morgan fingerprint density at radius 3 is 1.91 bits per heavy atom. The van der Waals surface area contributed by atoms with Gasteiger partial charge in [-0.05, 0) is 84.6 Å². The Morgan fingerprint density at radius 2 is 1.12 bits per heavy atom. The van der Waals surface area contributed by atoms with Gasteiger partial charge in [0.2, 0.25) is 0 Å². The molecule has 2 aromatic heterocycles. The molecule has 0 atom stereocenters. The average Bonchev–Trinajstić information content (AvgIpc) is 3.39. The standard InChI is InChI=1S/C40H29N3/c1-26-12-11-13-27(2)38(26)39-34-24-29(28-14-5-3-6-15-28)20-22-35(34)41-40(42-39)30-21-23-37-33(25-30)32-18-9-10-19-36(32)43(37)31-16-7-4-8-17-31/h3-25H,1-2H3. The second-order valence-corrected chi connectivity index (χ2v) is 11.2. The molecule has 0 radical (unpaired) electrons. The molecule has 0 bridgehead atoms. The van der Waals surface area contributed by atoms with E-state index in [4.69, 9.17) is 9.97 Å². The van der Waals surface area contributed by atoms with Crippen LogP contribution in [-0.2, 0) is 0 Å². The van der Waals surface area contributed by atoms with Gasteiger partial charge in [0.1, 0.15) is 0 Å². The fourth-order valence-corrected chi connectivity index (χ4v) is 6.41. The van der Waals surface area contributed by atoms with Crippen molar-refractivity contribution in [3.63, 3.8) is 0 Å². The summed E-state index contributed by atoms with van der Waals surface area (Å²) >= 11 is 0. The van der Waals surface area contributed by atoms with Crippen molar-refractivity contribution in [2.75, 3.05) is 0 Å². The number of benzene rings is 6. The van der Waals surface area contributed by atoms with E-state index in [0.717, 1.165) is 39.2 Å². The number of hydrogen-bond acceptors (Lipinski definition) is 2. The highest BCUT2D eigenvalue weighted by Crippen LogP contribution is 2.38. The summed E-state index contributed by atoms with van der Waals surface area (Å²) in [6.07, 6.45) is 0. The van der Waals surface area contributed by atoms with Gasteiger partial charge in [-0.2, -0.15) is 0 Å². The van der Waals surface area contributed by atoms with Gasteiger partial charge in [-0.25, -0.2) is 9.97 Å². The van der Waals surface area contributed by atoms with Gasteiger partial charge < -0.3 is 4.57 Å². The maximum atomic E-state index is 5.33. The van der Waals surface area contributed by atoms with E-state index in [1.807, 2.05) is 0 Å². The second kappa shape index (κ2) is 10.1. The summed E-state index contributed by atoms with van der Waals surface area (Å²) in [7, 11) is 0. The van der Waals surface area contributed by atoms with Gasteiger partial charge in [0.15, 0.2) is 5.82 Å². The number of para-hydroxylation sites is 2. The first-order valence-corrected chi connectivity index (χ1v) is 14.7. The fourth-order valence-electron chi connectivity index (χ4n) is 6.41. The number of aromatic nitrogens is 3. The highest BCUT2D eigenvalue weighted by atomic mass is 15.0. The first-order valence-electron chi connectivity index (χ1n) is 14.7. The molecule has 0 aliphatic heterocycles. The highest BCUT2D eigenvalue weighted by molar-refractivity contribution is 6.10. The molecule has 0 aliphatic rings. The Bertz CT molecular complexity index is 2280. The Morgan fingerprint density at radius 1 is 0.465 bits per heavy atom. The molecule has 0 saturated carbocycles. The van der Waals surface area contributed by atoms with Crippen LogP contribution in [0.3, 0.4) is 0 Å². The van der Waals surface area contributed by atoms with E-state index in [0.29, 0.717) is 0 Å². The van der Waals surface area contributed by atoms with Gasteiger partial charge in [0.05, 0.1) is 22.2 Å². The molecule has 2 heterocycles. The van der Waals surface area contributed by atoms with E-state index in [9.17, 15) is 0 Å². The second-order valence-electron chi connectivity index (χ2n) is 11.2. The first kappa shape index (κ1) is 25.2. The van der Waals surface area contributed by atoms with Gasteiger partial charge in [0.25, 0.3) is 0 Å². The van der Waals surface area contributed by atoms with E-state index in [1.54, 1.807) is 0 Å². The lowest BCUT2D eigenvalue weighted by atomic mass is 9.95. The van der Waals surface area contributed by atoms with Crippen LogP contribution in [0.5, 0.6) is 0 Å². The van der Waals surface area contributed by atoms with Crippen molar-refractivity contribution in [2.24, 2.45) is 0 Å². The minimum absolute atomic E-state index is 0.732. The van der Waals surface area contributed by atoms with E-state index in [2.05, 4.69) is 158 Å². The van der Waals surface area contributed by atoms with Gasteiger partial charge in [-0.3, -0.25) is 0 Å².